The first kappa shape index (κ1) is 21.2. The van der Waals surface area contributed by atoms with Crippen LogP contribution in [0.4, 0.5) is 0 Å². The number of phenols is 1. The van der Waals surface area contributed by atoms with Crippen LogP contribution in [0, 0.1) is 0 Å². The van der Waals surface area contributed by atoms with Crippen molar-refractivity contribution in [1.29, 1.82) is 0 Å². The zero-order valence-corrected chi connectivity index (χ0v) is 17.1. The number of halogens is 1. The lowest BCUT2D eigenvalue weighted by Crippen LogP contribution is -2.43. The largest absolute Gasteiger partial charge is 0.504 e. The first-order valence-electron chi connectivity index (χ1n) is 8.20. The molecule has 1 unspecified atom stereocenters. The monoisotopic (exact) mass is 449 g/mol. The second-order valence-corrected chi connectivity index (χ2v) is 6.62. The van der Waals surface area contributed by atoms with Crippen LogP contribution in [0.25, 0.3) is 0 Å². The number of hydrogen-bond donors (Lipinski definition) is 3. The van der Waals surface area contributed by atoms with Crippen molar-refractivity contribution in [1.82, 2.24) is 10.7 Å². The van der Waals surface area contributed by atoms with Crippen LogP contribution in [0.3, 0.4) is 0 Å². The summed E-state index contributed by atoms with van der Waals surface area (Å²) in [6.07, 6.45) is 1.28. The van der Waals surface area contributed by atoms with Gasteiger partial charge in [0.05, 0.1) is 20.4 Å². The fourth-order valence-corrected chi connectivity index (χ4v) is 2.65. The summed E-state index contributed by atoms with van der Waals surface area (Å²) in [4.78, 5) is 24.3. The van der Waals surface area contributed by atoms with E-state index in [1.165, 1.54) is 27.4 Å². The third kappa shape index (κ3) is 5.46. The number of ether oxygens (including phenoxy) is 2. The summed E-state index contributed by atoms with van der Waals surface area (Å²) in [6.45, 7) is 1.53. The van der Waals surface area contributed by atoms with Gasteiger partial charge in [0.1, 0.15) is 11.8 Å². The Morgan fingerprint density at radius 1 is 1.18 bits per heavy atom. The zero-order chi connectivity index (χ0) is 20.7. The predicted molar refractivity (Wildman–Crippen MR) is 108 cm³/mol. The van der Waals surface area contributed by atoms with E-state index in [0.29, 0.717) is 21.3 Å². The number of hydrogen-bond acceptors (Lipinski definition) is 6. The van der Waals surface area contributed by atoms with Crippen molar-refractivity contribution < 1.29 is 24.2 Å². The number of methoxy groups -OCH3 is 2. The number of benzene rings is 2. The molecule has 3 N–H and O–H groups in total. The van der Waals surface area contributed by atoms with Crippen LogP contribution in [0.2, 0.25) is 0 Å². The molecule has 0 bridgehead atoms. The van der Waals surface area contributed by atoms with Crippen molar-refractivity contribution in [2.75, 3.05) is 14.2 Å². The maximum Gasteiger partial charge on any atom is 0.262 e. The molecule has 2 aromatic rings. The molecule has 0 aliphatic carbocycles. The molecule has 0 aromatic heterocycles. The summed E-state index contributed by atoms with van der Waals surface area (Å²) in [5.41, 5.74) is 3.07. The first-order valence-corrected chi connectivity index (χ1v) is 8.99. The minimum Gasteiger partial charge on any atom is -0.504 e. The Hall–Kier alpha value is -3.07. The third-order valence-corrected chi connectivity index (χ3v) is 4.22. The van der Waals surface area contributed by atoms with Gasteiger partial charge >= 0.3 is 0 Å². The van der Waals surface area contributed by atoms with Crippen molar-refractivity contribution in [3.8, 4) is 17.2 Å². The van der Waals surface area contributed by atoms with Gasteiger partial charge in [0.2, 0.25) is 0 Å². The smallest absolute Gasteiger partial charge is 0.262 e. The van der Waals surface area contributed by atoms with E-state index in [-0.39, 0.29) is 11.5 Å². The molecule has 0 spiro atoms. The van der Waals surface area contributed by atoms with Crippen molar-refractivity contribution in [2.45, 2.75) is 13.0 Å². The van der Waals surface area contributed by atoms with E-state index in [0.717, 1.165) is 0 Å². The number of phenolic OH excluding ortho intramolecular Hbond substituents is 1. The van der Waals surface area contributed by atoms with Gasteiger partial charge in [0.15, 0.2) is 11.5 Å². The molecule has 0 aliphatic heterocycles. The molecule has 8 nitrogen and oxygen atoms in total. The molecule has 2 rings (SSSR count). The van der Waals surface area contributed by atoms with Gasteiger partial charge < -0.3 is 19.9 Å². The number of aromatic hydroxyl groups is 1. The minimum atomic E-state index is -0.822. The summed E-state index contributed by atoms with van der Waals surface area (Å²) in [6, 6.07) is 8.90. The molecular weight excluding hydrogens is 430 g/mol. The van der Waals surface area contributed by atoms with E-state index in [1.54, 1.807) is 36.4 Å². The number of carbonyl (C=O) groups is 2. The Balaban J connectivity index is 1.96. The zero-order valence-electron chi connectivity index (χ0n) is 15.5. The highest BCUT2D eigenvalue weighted by atomic mass is 79.9. The number of amides is 2. The fourth-order valence-electron chi connectivity index (χ4n) is 2.20. The normalized spacial score (nSPS) is 11.7. The van der Waals surface area contributed by atoms with Gasteiger partial charge in [0, 0.05) is 15.6 Å². The van der Waals surface area contributed by atoms with Crippen molar-refractivity contribution >= 4 is 34.0 Å². The van der Waals surface area contributed by atoms with Crippen LogP contribution in [0.5, 0.6) is 17.2 Å². The molecule has 0 fully saturated rings. The molecule has 0 saturated carbocycles. The average molecular weight is 450 g/mol. The van der Waals surface area contributed by atoms with Crippen LogP contribution in [0.15, 0.2) is 46.0 Å². The van der Waals surface area contributed by atoms with Crippen LogP contribution < -0.4 is 20.2 Å². The van der Waals surface area contributed by atoms with Crippen LogP contribution in [-0.2, 0) is 4.79 Å². The molecule has 0 aliphatic rings. The van der Waals surface area contributed by atoms with Crippen molar-refractivity contribution in [2.24, 2.45) is 5.10 Å². The second-order valence-electron chi connectivity index (χ2n) is 5.70. The summed E-state index contributed by atoms with van der Waals surface area (Å²) in [5.74, 6) is -0.126. The molecule has 2 amide bonds. The lowest BCUT2D eigenvalue weighted by atomic mass is 10.2. The van der Waals surface area contributed by atoms with E-state index >= 15 is 0 Å². The Kier molecular flexibility index (Phi) is 7.39. The Morgan fingerprint density at radius 2 is 1.86 bits per heavy atom. The highest BCUT2D eigenvalue weighted by Gasteiger charge is 2.16. The highest BCUT2D eigenvalue weighted by Crippen LogP contribution is 2.32. The average Bonchev–Trinajstić information content (AvgIpc) is 2.69. The van der Waals surface area contributed by atoms with Gasteiger partial charge in [-0.1, -0.05) is 15.9 Å². The number of nitrogens with one attached hydrogen (secondary N) is 2. The molecule has 28 heavy (non-hydrogen) atoms. The van der Waals surface area contributed by atoms with Crippen molar-refractivity contribution in [3.63, 3.8) is 0 Å². The Bertz CT molecular complexity index is 884. The molecule has 148 valence electrons. The van der Waals surface area contributed by atoms with Crippen molar-refractivity contribution in [3.05, 3.63) is 52.0 Å². The minimum absolute atomic E-state index is 0.107. The first-order chi connectivity index (χ1) is 13.3. The summed E-state index contributed by atoms with van der Waals surface area (Å²) >= 11 is 3.29. The standard InChI is InChI=1S/C19H20BrN3O5/c1-11(22-19(26)12-4-6-15(27-2)7-5-12)18(25)23-21-10-13-8-14(20)9-16(28-3)17(13)24/h4-11,24H,1-3H3,(H,22,26)(H,23,25)/b21-10+. The maximum atomic E-state index is 12.2. The van der Waals surface area contributed by atoms with Crippen LogP contribution in [-0.4, -0.2) is 43.4 Å². The lowest BCUT2D eigenvalue weighted by Gasteiger charge is -2.12. The Morgan fingerprint density at radius 3 is 2.46 bits per heavy atom. The maximum absolute atomic E-state index is 12.2. The molecule has 0 saturated heterocycles. The van der Waals surface area contributed by atoms with Gasteiger partial charge in [-0.15, -0.1) is 0 Å². The number of carbonyl (C=O) groups excluding carboxylic acids is 2. The second kappa shape index (κ2) is 9.75. The van der Waals surface area contributed by atoms with Gasteiger partial charge in [0.25, 0.3) is 11.8 Å². The number of rotatable bonds is 7. The molecule has 2 aromatic carbocycles. The van der Waals surface area contributed by atoms with E-state index in [9.17, 15) is 14.7 Å². The molecule has 1 atom stereocenters. The summed E-state index contributed by atoms with van der Waals surface area (Å²) < 4.78 is 10.8. The van der Waals surface area contributed by atoms with Gasteiger partial charge in [-0.05, 0) is 43.3 Å². The summed E-state index contributed by atoms with van der Waals surface area (Å²) in [7, 11) is 2.96. The third-order valence-electron chi connectivity index (χ3n) is 3.76. The summed E-state index contributed by atoms with van der Waals surface area (Å²) in [5, 5.41) is 16.4. The van der Waals surface area contributed by atoms with E-state index in [1.807, 2.05) is 0 Å². The van der Waals surface area contributed by atoms with Crippen LogP contribution in [0.1, 0.15) is 22.8 Å². The predicted octanol–water partition coefficient (Wildman–Crippen LogP) is 2.44. The lowest BCUT2D eigenvalue weighted by molar-refractivity contribution is -0.122. The highest BCUT2D eigenvalue weighted by molar-refractivity contribution is 9.10. The molecule has 0 radical (unpaired) electrons. The van der Waals surface area contributed by atoms with Crippen LogP contribution >= 0.6 is 15.9 Å². The number of nitrogens with zero attached hydrogens (tertiary/aromatic N) is 1. The van der Waals surface area contributed by atoms with Gasteiger partial charge in [-0.25, -0.2) is 5.43 Å². The van der Waals surface area contributed by atoms with E-state index < -0.39 is 17.9 Å². The van der Waals surface area contributed by atoms with E-state index in [2.05, 4.69) is 31.8 Å². The molecule has 0 heterocycles. The Labute approximate surface area is 170 Å². The topological polar surface area (TPSA) is 109 Å². The fraction of sp³-hybridized carbons (Fsp3) is 0.211. The van der Waals surface area contributed by atoms with E-state index in [4.69, 9.17) is 9.47 Å². The SMILES string of the molecule is COc1ccc(C(=O)NC(C)C(=O)N/N=C/c2cc(Br)cc(OC)c2O)cc1. The molecular formula is C19H20BrN3O5. The van der Waals surface area contributed by atoms with Gasteiger partial charge in [-0.3, -0.25) is 9.59 Å². The van der Waals surface area contributed by atoms with Gasteiger partial charge in [-0.2, -0.15) is 5.10 Å². The molecule has 9 heteroatoms. The number of hydrazone groups is 1. The quantitative estimate of drug-likeness (QED) is 0.444.